The Hall–Kier alpha value is -0.570. The standard InChI is InChI=1S/C6H15N3/c1-4-5-8-9-6(2)7-3/h5-7,9H,4H2,1-3H3/b8-5+/t6-/m0/s1. The van der Waals surface area contributed by atoms with Gasteiger partial charge in [-0.25, -0.2) is 0 Å². The lowest BCUT2D eigenvalue weighted by Gasteiger charge is -2.07. The smallest absolute Gasteiger partial charge is 0.0902 e. The maximum Gasteiger partial charge on any atom is 0.0902 e. The van der Waals surface area contributed by atoms with E-state index in [2.05, 4.69) is 22.8 Å². The molecule has 0 aliphatic carbocycles. The van der Waals surface area contributed by atoms with E-state index in [4.69, 9.17) is 0 Å². The summed E-state index contributed by atoms with van der Waals surface area (Å²) >= 11 is 0. The lowest BCUT2D eigenvalue weighted by Crippen LogP contribution is -2.33. The van der Waals surface area contributed by atoms with E-state index in [1.807, 2.05) is 20.2 Å². The van der Waals surface area contributed by atoms with E-state index in [-0.39, 0.29) is 6.17 Å². The Morgan fingerprint density at radius 2 is 2.33 bits per heavy atom. The summed E-state index contributed by atoms with van der Waals surface area (Å²) in [5.74, 6) is 0. The van der Waals surface area contributed by atoms with E-state index >= 15 is 0 Å². The highest BCUT2D eigenvalue weighted by molar-refractivity contribution is 5.55. The van der Waals surface area contributed by atoms with Crippen molar-refractivity contribution in [1.29, 1.82) is 0 Å². The number of nitrogens with zero attached hydrogens (tertiary/aromatic N) is 1. The molecule has 0 aliphatic heterocycles. The summed E-state index contributed by atoms with van der Waals surface area (Å²) in [6, 6.07) is 0. The molecule has 0 saturated heterocycles. The molecule has 0 aromatic rings. The summed E-state index contributed by atoms with van der Waals surface area (Å²) < 4.78 is 0. The van der Waals surface area contributed by atoms with E-state index in [0.717, 1.165) is 6.42 Å². The van der Waals surface area contributed by atoms with Crippen molar-refractivity contribution in [3.63, 3.8) is 0 Å². The molecule has 0 fully saturated rings. The molecule has 9 heavy (non-hydrogen) atoms. The molecule has 0 aromatic carbocycles. The molecular formula is C6H15N3. The molecule has 2 N–H and O–H groups in total. The van der Waals surface area contributed by atoms with Gasteiger partial charge >= 0.3 is 0 Å². The van der Waals surface area contributed by atoms with Crippen LogP contribution < -0.4 is 10.7 Å². The lowest BCUT2D eigenvalue weighted by molar-refractivity contribution is 0.508. The Balaban J connectivity index is 3.15. The molecule has 0 rings (SSSR count). The van der Waals surface area contributed by atoms with Gasteiger partial charge in [0.25, 0.3) is 0 Å². The molecule has 0 radical (unpaired) electrons. The van der Waals surface area contributed by atoms with Crippen LogP contribution in [0.3, 0.4) is 0 Å². The molecule has 54 valence electrons. The SMILES string of the molecule is CC/C=N/N[C@@H](C)NC. The van der Waals surface area contributed by atoms with Gasteiger partial charge in [-0.2, -0.15) is 5.10 Å². The van der Waals surface area contributed by atoms with Crippen molar-refractivity contribution in [3.8, 4) is 0 Å². The Morgan fingerprint density at radius 1 is 1.67 bits per heavy atom. The van der Waals surface area contributed by atoms with Crippen LogP contribution in [-0.4, -0.2) is 19.4 Å². The van der Waals surface area contributed by atoms with E-state index in [0.29, 0.717) is 0 Å². The molecule has 0 aromatic heterocycles. The van der Waals surface area contributed by atoms with Crippen molar-refractivity contribution in [2.75, 3.05) is 7.05 Å². The van der Waals surface area contributed by atoms with Crippen LogP contribution in [0, 0.1) is 0 Å². The molecule has 3 nitrogen and oxygen atoms in total. The highest BCUT2D eigenvalue weighted by atomic mass is 15.3. The number of nitrogens with one attached hydrogen (secondary N) is 2. The second-order valence-corrected chi connectivity index (χ2v) is 1.86. The molecule has 0 amide bonds. The summed E-state index contributed by atoms with van der Waals surface area (Å²) in [7, 11) is 1.89. The second kappa shape index (κ2) is 5.56. The fraction of sp³-hybridized carbons (Fsp3) is 0.833. The lowest BCUT2D eigenvalue weighted by atomic mass is 10.5. The van der Waals surface area contributed by atoms with Gasteiger partial charge in [0.2, 0.25) is 0 Å². The molecular weight excluding hydrogens is 114 g/mol. The van der Waals surface area contributed by atoms with Gasteiger partial charge in [0.05, 0.1) is 6.17 Å². The first-order chi connectivity index (χ1) is 4.31. The van der Waals surface area contributed by atoms with Gasteiger partial charge < -0.3 is 0 Å². The quantitative estimate of drug-likeness (QED) is 0.330. The van der Waals surface area contributed by atoms with Crippen molar-refractivity contribution in [3.05, 3.63) is 0 Å². The zero-order valence-corrected chi connectivity index (χ0v) is 6.31. The third kappa shape index (κ3) is 5.30. The molecule has 0 bridgehead atoms. The number of hydrogen-bond acceptors (Lipinski definition) is 3. The Labute approximate surface area is 56.5 Å². The number of hydrogen-bond donors (Lipinski definition) is 2. The first-order valence-electron chi connectivity index (χ1n) is 3.25. The molecule has 0 aliphatic rings. The Kier molecular flexibility index (Phi) is 5.21. The zero-order chi connectivity index (χ0) is 7.11. The normalized spacial score (nSPS) is 14.1. The van der Waals surface area contributed by atoms with Crippen LogP contribution in [0.2, 0.25) is 0 Å². The van der Waals surface area contributed by atoms with Gasteiger partial charge in [-0.3, -0.25) is 10.7 Å². The van der Waals surface area contributed by atoms with E-state index in [1.165, 1.54) is 0 Å². The first kappa shape index (κ1) is 8.43. The third-order valence-electron chi connectivity index (χ3n) is 0.975. The fourth-order valence-electron chi connectivity index (χ4n) is 0.320. The second-order valence-electron chi connectivity index (χ2n) is 1.86. The minimum absolute atomic E-state index is 0.257. The van der Waals surface area contributed by atoms with Gasteiger partial charge in [-0.1, -0.05) is 6.92 Å². The van der Waals surface area contributed by atoms with Gasteiger partial charge in [-0.15, -0.1) is 0 Å². The molecule has 3 heteroatoms. The van der Waals surface area contributed by atoms with Crippen LogP contribution in [0.5, 0.6) is 0 Å². The maximum atomic E-state index is 3.92. The topological polar surface area (TPSA) is 36.4 Å². The monoisotopic (exact) mass is 129 g/mol. The van der Waals surface area contributed by atoms with Crippen molar-refractivity contribution in [2.24, 2.45) is 5.10 Å². The average Bonchev–Trinajstić information content (AvgIpc) is 1.89. The van der Waals surface area contributed by atoms with Gasteiger partial charge in [0.15, 0.2) is 0 Å². The summed E-state index contributed by atoms with van der Waals surface area (Å²) in [6.07, 6.45) is 3.07. The molecule has 0 spiro atoms. The van der Waals surface area contributed by atoms with Crippen LogP contribution in [0.25, 0.3) is 0 Å². The summed E-state index contributed by atoms with van der Waals surface area (Å²) in [4.78, 5) is 0. The predicted molar refractivity (Wildman–Crippen MR) is 40.4 cm³/mol. The predicted octanol–water partition coefficient (Wildman–Crippen LogP) is 0.537. The molecule has 0 heterocycles. The van der Waals surface area contributed by atoms with Crippen molar-refractivity contribution in [1.82, 2.24) is 10.7 Å². The summed E-state index contributed by atoms with van der Waals surface area (Å²) in [5.41, 5.74) is 2.89. The van der Waals surface area contributed by atoms with Gasteiger partial charge in [-0.05, 0) is 20.4 Å². The van der Waals surface area contributed by atoms with Crippen LogP contribution in [0.15, 0.2) is 5.10 Å². The summed E-state index contributed by atoms with van der Waals surface area (Å²) in [6.45, 7) is 4.06. The highest BCUT2D eigenvalue weighted by Crippen LogP contribution is 1.71. The molecule has 1 atom stereocenters. The highest BCUT2D eigenvalue weighted by Gasteiger charge is 1.88. The zero-order valence-electron chi connectivity index (χ0n) is 6.31. The van der Waals surface area contributed by atoms with Crippen LogP contribution in [0.1, 0.15) is 20.3 Å². The minimum Gasteiger partial charge on any atom is -0.300 e. The van der Waals surface area contributed by atoms with E-state index in [9.17, 15) is 0 Å². The van der Waals surface area contributed by atoms with Crippen molar-refractivity contribution >= 4 is 6.21 Å². The minimum atomic E-state index is 0.257. The van der Waals surface area contributed by atoms with Gasteiger partial charge in [0, 0.05) is 6.21 Å². The fourth-order valence-corrected chi connectivity index (χ4v) is 0.320. The van der Waals surface area contributed by atoms with Crippen LogP contribution in [-0.2, 0) is 0 Å². The van der Waals surface area contributed by atoms with Gasteiger partial charge in [0.1, 0.15) is 0 Å². The average molecular weight is 129 g/mol. The first-order valence-corrected chi connectivity index (χ1v) is 3.25. The third-order valence-corrected chi connectivity index (χ3v) is 0.975. The van der Waals surface area contributed by atoms with Crippen LogP contribution >= 0.6 is 0 Å². The molecule has 0 saturated carbocycles. The summed E-state index contributed by atoms with van der Waals surface area (Å²) in [5, 5.41) is 6.92. The maximum absolute atomic E-state index is 3.92. The van der Waals surface area contributed by atoms with E-state index in [1.54, 1.807) is 0 Å². The number of hydrazone groups is 1. The Bertz CT molecular complexity index is 80.4. The molecule has 0 unspecified atom stereocenters. The van der Waals surface area contributed by atoms with E-state index < -0.39 is 0 Å². The van der Waals surface area contributed by atoms with Crippen LogP contribution in [0.4, 0.5) is 0 Å². The van der Waals surface area contributed by atoms with Crippen molar-refractivity contribution in [2.45, 2.75) is 26.4 Å². The largest absolute Gasteiger partial charge is 0.300 e. The van der Waals surface area contributed by atoms with Crippen molar-refractivity contribution < 1.29 is 0 Å². The number of rotatable bonds is 4. The Morgan fingerprint density at radius 3 is 2.78 bits per heavy atom.